The van der Waals surface area contributed by atoms with Crippen LogP contribution in [-0.2, 0) is 9.53 Å². The van der Waals surface area contributed by atoms with Gasteiger partial charge in [-0.15, -0.1) is 11.3 Å². The van der Waals surface area contributed by atoms with Crippen LogP contribution in [0.25, 0.3) is 0 Å². The lowest BCUT2D eigenvalue weighted by Crippen LogP contribution is -2.33. The molecule has 1 saturated heterocycles. The summed E-state index contributed by atoms with van der Waals surface area (Å²) in [6, 6.07) is 4.27. The van der Waals surface area contributed by atoms with Crippen molar-refractivity contribution in [3.05, 3.63) is 21.9 Å². The first-order chi connectivity index (χ1) is 9.66. The van der Waals surface area contributed by atoms with Crippen molar-refractivity contribution >= 4 is 17.2 Å². The van der Waals surface area contributed by atoms with Gasteiger partial charge in [0.2, 0.25) is 5.91 Å². The molecule has 4 nitrogen and oxygen atoms in total. The third-order valence-electron chi connectivity index (χ3n) is 4.07. The maximum absolute atomic E-state index is 12.6. The molecule has 1 aromatic heterocycles. The van der Waals surface area contributed by atoms with Gasteiger partial charge in [-0.2, -0.15) is 0 Å². The Morgan fingerprint density at radius 2 is 2.30 bits per heavy atom. The number of hydrogen-bond donors (Lipinski definition) is 1. The third-order valence-corrected chi connectivity index (χ3v) is 5.12. The van der Waals surface area contributed by atoms with Crippen molar-refractivity contribution in [2.45, 2.75) is 44.8 Å². The Morgan fingerprint density at radius 1 is 1.50 bits per heavy atom. The number of ether oxygens (including phenoxy) is 1. The smallest absolute Gasteiger partial charge is 0.244 e. The number of carbonyl (C=O) groups excluding carboxylic acids is 1. The molecule has 0 aromatic carbocycles. The minimum absolute atomic E-state index is 0.0605. The van der Waals surface area contributed by atoms with Gasteiger partial charge in [0.1, 0.15) is 11.7 Å². The van der Waals surface area contributed by atoms with Gasteiger partial charge in [-0.3, -0.25) is 10.1 Å². The first kappa shape index (κ1) is 14.0. The van der Waals surface area contributed by atoms with Gasteiger partial charge in [0, 0.05) is 29.5 Å². The van der Waals surface area contributed by atoms with Gasteiger partial charge in [-0.25, -0.2) is 0 Å². The van der Waals surface area contributed by atoms with Gasteiger partial charge in [-0.05, 0) is 45.2 Å². The molecule has 1 spiro atoms. The predicted octanol–water partition coefficient (Wildman–Crippen LogP) is 2.45. The summed E-state index contributed by atoms with van der Waals surface area (Å²) in [4.78, 5) is 17.1. The molecule has 0 radical (unpaired) electrons. The summed E-state index contributed by atoms with van der Waals surface area (Å²) in [5.74, 6) is 0.282. The normalized spacial score (nSPS) is 23.8. The Labute approximate surface area is 124 Å². The van der Waals surface area contributed by atoms with Crippen LogP contribution in [-0.4, -0.2) is 36.1 Å². The van der Waals surface area contributed by atoms with Crippen LogP contribution in [0.4, 0.5) is 0 Å². The second-order valence-electron chi connectivity index (χ2n) is 5.63. The summed E-state index contributed by atoms with van der Waals surface area (Å²) >= 11 is 1.78. The zero-order valence-electron chi connectivity index (χ0n) is 12.1. The van der Waals surface area contributed by atoms with Gasteiger partial charge < -0.3 is 9.64 Å². The largest absolute Gasteiger partial charge is 0.382 e. The van der Waals surface area contributed by atoms with E-state index < -0.39 is 0 Å². The third kappa shape index (κ3) is 2.50. The maximum atomic E-state index is 12.6. The standard InChI is InChI=1S/C15H22N2O2S/c1-3-19-10-4-9-17-13(12-6-5-11(2)20-12)16-15(7-8-15)14(17)18/h5-6,13,16H,3-4,7-10H2,1-2H3. The Kier molecular flexibility index (Phi) is 3.84. The first-order valence-electron chi connectivity index (χ1n) is 7.39. The van der Waals surface area contributed by atoms with Crippen molar-refractivity contribution in [2.75, 3.05) is 19.8 Å². The summed E-state index contributed by atoms with van der Waals surface area (Å²) in [5.41, 5.74) is -0.242. The molecule has 1 amide bonds. The minimum Gasteiger partial charge on any atom is -0.382 e. The summed E-state index contributed by atoms with van der Waals surface area (Å²) in [6.07, 6.45) is 2.92. The van der Waals surface area contributed by atoms with E-state index in [1.165, 1.54) is 9.75 Å². The summed E-state index contributed by atoms with van der Waals surface area (Å²) in [6.45, 7) is 6.35. The predicted molar refractivity (Wildman–Crippen MR) is 79.7 cm³/mol. The van der Waals surface area contributed by atoms with Crippen LogP contribution in [0.15, 0.2) is 12.1 Å². The van der Waals surface area contributed by atoms with Gasteiger partial charge in [-0.1, -0.05) is 0 Å². The van der Waals surface area contributed by atoms with E-state index in [0.717, 1.165) is 39.0 Å². The molecule has 2 heterocycles. The topological polar surface area (TPSA) is 41.6 Å². The van der Waals surface area contributed by atoms with Crippen molar-refractivity contribution in [3.8, 4) is 0 Å². The monoisotopic (exact) mass is 294 g/mol. The average Bonchev–Trinajstić information content (AvgIpc) is 3.02. The molecule has 0 bridgehead atoms. The van der Waals surface area contributed by atoms with E-state index in [1.54, 1.807) is 11.3 Å². The Bertz CT molecular complexity index is 496. The fourth-order valence-electron chi connectivity index (χ4n) is 2.81. The first-order valence-corrected chi connectivity index (χ1v) is 8.21. The zero-order valence-corrected chi connectivity index (χ0v) is 13.0. The van der Waals surface area contributed by atoms with Crippen molar-refractivity contribution in [2.24, 2.45) is 0 Å². The zero-order chi connectivity index (χ0) is 14.2. The number of amides is 1. The second-order valence-corrected chi connectivity index (χ2v) is 6.95. The highest BCUT2D eigenvalue weighted by atomic mass is 32.1. The molecule has 1 aliphatic heterocycles. The highest BCUT2D eigenvalue weighted by molar-refractivity contribution is 7.12. The maximum Gasteiger partial charge on any atom is 0.244 e. The van der Waals surface area contributed by atoms with Crippen LogP contribution < -0.4 is 5.32 Å². The molecular weight excluding hydrogens is 272 g/mol. The Balaban J connectivity index is 1.71. The van der Waals surface area contributed by atoms with E-state index in [9.17, 15) is 4.79 Å². The van der Waals surface area contributed by atoms with Crippen LogP contribution in [0, 0.1) is 6.92 Å². The number of carbonyl (C=O) groups is 1. The van der Waals surface area contributed by atoms with Crippen LogP contribution in [0.1, 0.15) is 42.1 Å². The molecule has 1 atom stereocenters. The van der Waals surface area contributed by atoms with Crippen molar-refractivity contribution in [1.82, 2.24) is 10.2 Å². The molecule has 1 saturated carbocycles. The van der Waals surface area contributed by atoms with Crippen LogP contribution in [0.5, 0.6) is 0 Å². The van der Waals surface area contributed by atoms with E-state index in [-0.39, 0.29) is 17.6 Å². The Hall–Kier alpha value is -0.910. The molecule has 2 fully saturated rings. The summed E-state index contributed by atoms with van der Waals surface area (Å²) in [5, 5.41) is 3.56. The molecule has 20 heavy (non-hydrogen) atoms. The lowest BCUT2D eigenvalue weighted by Gasteiger charge is -2.23. The lowest BCUT2D eigenvalue weighted by molar-refractivity contribution is -0.131. The van der Waals surface area contributed by atoms with E-state index in [0.29, 0.717) is 0 Å². The van der Waals surface area contributed by atoms with Crippen LogP contribution in [0.2, 0.25) is 0 Å². The number of thiophene rings is 1. The average molecular weight is 294 g/mol. The minimum atomic E-state index is -0.242. The number of hydrogen-bond acceptors (Lipinski definition) is 4. The molecule has 110 valence electrons. The summed E-state index contributed by atoms with van der Waals surface area (Å²) in [7, 11) is 0. The van der Waals surface area contributed by atoms with Gasteiger partial charge in [0.25, 0.3) is 0 Å². The molecule has 1 unspecified atom stereocenters. The summed E-state index contributed by atoms with van der Waals surface area (Å²) < 4.78 is 5.39. The van der Waals surface area contributed by atoms with E-state index in [1.807, 2.05) is 11.8 Å². The lowest BCUT2D eigenvalue weighted by atomic mass is 10.2. The molecule has 1 N–H and O–H groups in total. The van der Waals surface area contributed by atoms with E-state index >= 15 is 0 Å². The van der Waals surface area contributed by atoms with Gasteiger partial charge in [0.15, 0.2) is 0 Å². The molecule has 1 aliphatic carbocycles. The molecule has 5 heteroatoms. The van der Waals surface area contributed by atoms with Crippen molar-refractivity contribution in [3.63, 3.8) is 0 Å². The van der Waals surface area contributed by atoms with Crippen LogP contribution in [0.3, 0.4) is 0 Å². The molecule has 2 aliphatic rings. The highest BCUT2D eigenvalue weighted by Crippen LogP contribution is 2.46. The van der Waals surface area contributed by atoms with Gasteiger partial charge in [0.05, 0.1) is 0 Å². The van der Waals surface area contributed by atoms with Crippen molar-refractivity contribution < 1.29 is 9.53 Å². The van der Waals surface area contributed by atoms with Crippen molar-refractivity contribution in [1.29, 1.82) is 0 Å². The fourth-order valence-corrected chi connectivity index (χ4v) is 3.76. The number of rotatable bonds is 6. The molecule has 3 rings (SSSR count). The second kappa shape index (κ2) is 5.47. The van der Waals surface area contributed by atoms with Crippen LogP contribution >= 0.6 is 11.3 Å². The SMILES string of the molecule is CCOCCCN1C(=O)C2(CC2)NC1c1ccc(C)s1. The highest BCUT2D eigenvalue weighted by Gasteiger charge is 2.59. The van der Waals surface area contributed by atoms with E-state index in [2.05, 4.69) is 24.4 Å². The number of aryl methyl sites for hydroxylation is 1. The van der Waals surface area contributed by atoms with Gasteiger partial charge >= 0.3 is 0 Å². The number of nitrogens with zero attached hydrogens (tertiary/aromatic N) is 1. The van der Waals surface area contributed by atoms with E-state index in [4.69, 9.17) is 4.74 Å². The molecular formula is C15H22N2O2S. The quantitative estimate of drug-likeness (QED) is 0.819. The number of nitrogens with one attached hydrogen (secondary N) is 1. The Morgan fingerprint density at radius 3 is 2.90 bits per heavy atom. The molecule has 1 aromatic rings. The fraction of sp³-hybridized carbons (Fsp3) is 0.667.